The number of carbonyl (C=O) groups is 2. The predicted molar refractivity (Wildman–Crippen MR) is 122 cm³/mol. The van der Waals surface area contributed by atoms with Crippen LogP contribution in [0.3, 0.4) is 0 Å². The molecular formula is C24H24N2O5S. The maximum Gasteiger partial charge on any atom is 0.338 e. The number of nitrogens with zero attached hydrogens (tertiary/aromatic N) is 1. The first-order valence-corrected chi connectivity index (χ1v) is 11.3. The highest BCUT2D eigenvalue weighted by molar-refractivity contribution is 7.89. The molecule has 0 aromatic heterocycles. The lowest BCUT2D eigenvalue weighted by Crippen LogP contribution is -2.23. The Morgan fingerprint density at radius 2 is 1.50 bits per heavy atom. The zero-order valence-electron chi connectivity index (χ0n) is 17.8. The second-order valence-corrected chi connectivity index (χ2v) is 9.41. The predicted octanol–water partition coefficient (Wildman–Crippen LogP) is 3.32. The molecule has 0 fully saturated rings. The lowest BCUT2D eigenvalue weighted by atomic mass is 10.00. The highest BCUT2D eigenvalue weighted by Gasteiger charge is 2.17. The minimum atomic E-state index is -3.55. The molecule has 0 aliphatic heterocycles. The first-order chi connectivity index (χ1) is 15.3. The summed E-state index contributed by atoms with van der Waals surface area (Å²) in [5.74, 6) is -1.11. The zero-order valence-corrected chi connectivity index (χ0v) is 18.6. The summed E-state index contributed by atoms with van der Waals surface area (Å²) in [4.78, 5) is 24.9. The quantitative estimate of drug-likeness (QED) is 0.529. The van der Waals surface area contributed by atoms with Crippen LogP contribution in [0.4, 0.5) is 5.69 Å². The molecule has 166 valence electrons. The molecule has 1 N–H and O–H groups in total. The van der Waals surface area contributed by atoms with Crippen LogP contribution in [0.25, 0.3) is 0 Å². The number of hydrogen-bond donors (Lipinski definition) is 1. The van der Waals surface area contributed by atoms with Crippen molar-refractivity contribution in [3.63, 3.8) is 0 Å². The molecule has 0 unspecified atom stereocenters. The van der Waals surface area contributed by atoms with Crippen LogP contribution in [0.2, 0.25) is 0 Å². The molecule has 32 heavy (non-hydrogen) atoms. The molecule has 0 spiro atoms. The SMILES string of the molecule is CN(C)S(=O)(=O)c1ccc(NC(=O)COC(=O)c2ccccc2Cc2ccccc2)cc1. The van der Waals surface area contributed by atoms with Crippen molar-refractivity contribution < 1.29 is 22.7 Å². The second-order valence-electron chi connectivity index (χ2n) is 7.26. The Hall–Kier alpha value is -3.49. The van der Waals surface area contributed by atoms with Crippen molar-refractivity contribution in [2.24, 2.45) is 0 Å². The van der Waals surface area contributed by atoms with E-state index >= 15 is 0 Å². The Morgan fingerprint density at radius 3 is 2.16 bits per heavy atom. The van der Waals surface area contributed by atoms with Crippen LogP contribution >= 0.6 is 0 Å². The third-order valence-corrected chi connectivity index (χ3v) is 6.56. The van der Waals surface area contributed by atoms with Crippen LogP contribution in [0.5, 0.6) is 0 Å². The van der Waals surface area contributed by atoms with Gasteiger partial charge in [0.25, 0.3) is 5.91 Å². The fourth-order valence-electron chi connectivity index (χ4n) is 3.02. The first kappa shape index (κ1) is 23.2. The van der Waals surface area contributed by atoms with E-state index in [4.69, 9.17) is 4.74 Å². The van der Waals surface area contributed by atoms with Gasteiger partial charge in [0, 0.05) is 19.8 Å². The van der Waals surface area contributed by atoms with Gasteiger partial charge in [0.05, 0.1) is 10.5 Å². The molecule has 0 aliphatic rings. The van der Waals surface area contributed by atoms with Crippen LogP contribution in [0, 0.1) is 0 Å². The van der Waals surface area contributed by atoms with E-state index in [1.165, 1.54) is 38.4 Å². The average molecular weight is 453 g/mol. The summed E-state index contributed by atoms with van der Waals surface area (Å²) in [5.41, 5.74) is 2.67. The third kappa shape index (κ3) is 5.81. The van der Waals surface area contributed by atoms with Crippen molar-refractivity contribution in [3.05, 3.63) is 95.6 Å². The number of rotatable bonds is 8. The molecule has 1 amide bonds. The molecule has 8 heteroatoms. The summed E-state index contributed by atoms with van der Waals surface area (Å²) in [6, 6.07) is 22.6. The maximum absolute atomic E-state index is 12.6. The van der Waals surface area contributed by atoms with Gasteiger partial charge < -0.3 is 10.1 Å². The largest absolute Gasteiger partial charge is 0.452 e. The second kappa shape index (κ2) is 10.2. The van der Waals surface area contributed by atoms with E-state index in [2.05, 4.69) is 5.32 Å². The number of hydrogen-bond acceptors (Lipinski definition) is 5. The van der Waals surface area contributed by atoms with Gasteiger partial charge in [-0.1, -0.05) is 48.5 Å². The molecule has 0 aliphatic carbocycles. The summed E-state index contributed by atoms with van der Waals surface area (Å²) >= 11 is 0. The molecular weight excluding hydrogens is 428 g/mol. The Balaban J connectivity index is 1.59. The van der Waals surface area contributed by atoms with Crippen molar-refractivity contribution >= 4 is 27.6 Å². The van der Waals surface area contributed by atoms with E-state index in [0.29, 0.717) is 17.7 Å². The van der Waals surface area contributed by atoms with Gasteiger partial charge in [-0.25, -0.2) is 17.5 Å². The molecule has 0 saturated heterocycles. The fraction of sp³-hybridized carbons (Fsp3) is 0.167. The van der Waals surface area contributed by atoms with Gasteiger partial charge in [-0.05, 0) is 47.9 Å². The number of ether oxygens (including phenoxy) is 1. The summed E-state index contributed by atoms with van der Waals surface area (Å²) < 4.78 is 30.5. The van der Waals surface area contributed by atoms with Crippen LogP contribution in [-0.4, -0.2) is 45.3 Å². The van der Waals surface area contributed by atoms with E-state index in [9.17, 15) is 18.0 Å². The summed E-state index contributed by atoms with van der Waals surface area (Å²) in [6.45, 7) is -0.462. The lowest BCUT2D eigenvalue weighted by molar-refractivity contribution is -0.119. The molecule has 0 saturated carbocycles. The van der Waals surface area contributed by atoms with E-state index in [0.717, 1.165) is 15.4 Å². The van der Waals surface area contributed by atoms with Crippen molar-refractivity contribution in [1.82, 2.24) is 4.31 Å². The zero-order chi connectivity index (χ0) is 23.1. The standard InChI is InChI=1S/C24H24N2O5S/c1-26(2)32(29,30)21-14-12-20(13-15-21)25-23(27)17-31-24(28)22-11-7-6-10-19(22)16-18-8-4-3-5-9-18/h3-15H,16-17H2,1-2H3,(H,25,27). The van der Waals surface area contributed by atoms with Crippen molar-refractivity contribution in [2.45, 2.75) is 11.3 Å². The fourth-order valence-corrected chi connectivity index (χ4v) is 3.92. The van der Waals surface area contributed by atoms with Gasteiger partial charge in [-0.15, -0.1) is 0 Å². The Labute approximate surface area is 187 Å². The number of esters is 1. The highest BCUT2D eigenvalue weighted by Crippen LogP contribution is 2.17. The van der Waals surface area contributed by atoms with Gasteiger partial charge in [0.2, 0.25) is 10.0 Å². The number of sulfonamides is 1. The molecule has 7 nitrogen and oxygen atoms in total. The van der Waals surface area contributed by atoms with Crippen molar-refractivity contribution in [1.29, 1.82) is 0 Å². The summed E-state index contributed by atoms with van der Waals surface area (Å²) in [6.07, 6.45) is 0.570. The summed E-state index contributed by atoms with van der Waals surface area (Å²) in [5, 5.41) is 2.59. The Bertz CT molecular complexity index is 1190. The third-order valence-electron chi connectivity index (χ3n) is 4.73. The normalized spacial score (nSPS) is 11.2. The minimum absolute atomic E-state index is 0.113. The van der Waals surface area contributed by atoms with E-state index in [1.807, 2.05) is 42.5 Å². The van der Waals surface area contributed by atoms with Gasteiger partial charge in [0.1, 0.15) is 0 Å². The number of nitrogens with one attached hydrogen (secondary N) is 1. The Kier molecular flexibility index (Phi) is 7.40. The monoisotopic (exact) mass is 452 g/mol. The Morgan fingerprint density at radius 1 is 0.875 bits per heavy atom. The van der Waals surface area contributed by atoms with Gasteiger partial charge in [-0.3, -0.25) is 4.79 Å². The van der Waals surface area contributed by atoms with Crippen molar-refractivity contribution in [2.75, 3.05) is 26.0 Å². The van der Waals surface area contributed by atoms with Gasteiger partial charge in [0.15, 0.2) is 6.61 Å². The molecule has 0 bridgehead atoms. The van der Waals surface area contributed by atoms with E-state index in [-0.39, 0.29) is 4.90 Å². The average Bonchev–Trinajstić information content (AvgIpc) is 2.79. The van der Waals surface area contributed by atoms with Gasteiger partial charge in [-0.2, -0.15) is 0 Å². The van der Waals surface area contributed by atoms with Crippen LogP contribution in [-0.2, 0) is 26.0 Å². The number of amides is 1. The molecule has 3 aromatic carbocycles. The molecule has 0 atom stereocenters. The number of benzene rings is 3. The minimum Gasteiger partial charge on any atom is -0.452 e. The first-order valence-electron chi connectivity index (χ1n) is 9.89. The highest BCUT2D eigenvalue weighted by atomic mass is 32.2. The van der Waals surface area contributed by atoms with E-state index in [1.54, 1.807) is 12.1 Å². The molecule has 0 radical (unpaired) electrons. The maximum atomic E-state index is 12.6. The molecule has 0 heterocycles. The molecule has 3 aromatic rings. The summed E-state index contributed by atoms with van der Waals surface area (Å²) in [7, 11) is -0.666. The lowest BCUT2D eigenvalue weighted by Gasteiger charge is -2.12. The molecule has 3 rings (SSSR count). The van der Waals surface area contributed by atoms with Crippen LogP contribution in [0.1, 0.15) is 21.5 Å². The van der Waals surface area contributed by atoms with Gasteiger partial charge >= 0.3 is 5.97 Å². The van der Waals surface area contributed by atoms with Crippen LogP contribution < -0.4 is 5.32 Å². The van der Waals surface area contributed by atoms with Crippen LogP contribution in [0.15, 0.2) is 83.8 Å². The number of anilines is 1. The topological polar surface area (TPSA) is 92.8 Å². The number of carbonyl (C=O) groups excluding carboxylic acids is 2. The van der Waals surface area contributed by atoms with E-state index < -0.39 is 28.5 Å². The van der Waals surface area contributed by atoms with Crippen molar-refractivity contribution in [3.8, 4) is 0 Å². The smallest absolute Gasteiger partial charge is 0.338 e.